The van der Waals surface area contributed by atoms with E-state index in [-0.39, 0.29) is 11.2 Å². The number of rotatable bonds is 3. The normalized spacial score (nSPS) is 12.2. The second kappa shape index (κ2) is 5.27. The van der Waals surface area contributed by atoms with E-state index in [2.05, 4.69) is 4.74 Å². The molecule has 0 heterocycles. The zero-order valence-electron chi connectivity index (χ0n) is 7.99. The minimum absolute atomic E-state index is 0.210. The highest BCUT2D eigenvalue weighted by Crippen LogP contribution is 2.25. The van der Waals surface area contributed by atoms with Gasteiger partial charge in [-0.3, -0.25) is 4.79 Å². The first-order valence-corrected chi connectivity index (χ1v) is 5.39. The van der Waals surface area contributed by atoms with E-state index in [4.69, 9.17) is 11.6 Å². The fourth-order valence-corrected chi connectivity index (χ4v) is 2.17. The number of thioether (sulfide) groups is 1. The summed E-state index contributed by atoms with van der Waals surface area (Å²) in [5.41, 5.74) is 0. The Bertz CT molecular complexity index is 328. The van der Waals surface area contributed by atoms with E-state index >= 15 is 0 Å². The van der Waals surface area contributed by atoms with E-state index in [1.54, 1.807) is 13.0 Å². The van der Waals surface area contributed by atoms with Gasteiger partial charge in [-0.2, -0.15) is 0 Å². The molecule has 1 aromatic carbocycles. The fourth-order valence-electron chi connectivity index (χ4n) is 0.959. The number of esters is 1. The van der Waals surface area contributed by atoms with Crippen molar-refractivity contribution in [3.05, 3.63) is 29.3 Å². The van der Waals surface area contributed by atoms with Gasteiger partial charge in [0.2, 0.25) is 0 Å². The molecular weight excluding hydrogens is 220 g/mol. The maximum Gasteiger partial charge on any atom is 0.318 e. The van der Waals surface area contributed by atoms with Crippen LogP contribution in [0.4, 0.5) is 0 Å². The molecule has 0 aliphatic rings. The van der Waals surface area contributed by atoms with Crippen LogP contribution in [0.2, 0.25) is 5.02 Å². The van der Waals surface area contributed by atoms with Gasteiger partial charge in [-0.25, -0.2) is 0 Å². The molecule has 0 aliphatic carbocycles. The lowest BCUT2D eigenvalue weighted by molar-refractivity contribution is -0.139. The molecule has 1 atom stereocenters. The van der Waals surface area contributed by atoms with Crippen molar-refractivity contribution < 1.29 is 9.53 Å². The van der Waals surface area contributed by atoms with Crippen molar-refractivity contribution in [1.82, 2.24) is 0 Å². The predicted molar refractivity (Wildman–Crippen MR) is 58.8 cm³/mol. The summed E-state index contributed by atoms with van der Waals surface area (Å²) in [5, 5.41) is 0.463. The van der Waals surface area contributed by atoms with Gasteiger partial charge < -0.3 is 4.74 Å². The zero-order chi connectivity index (χ0) is 10.6. The zero-order valence-corrected chi connectivity index (χ0v) is 9.56. The number of hydrogen-bond acceptors (Lipinski definition) is 3. The van der Waals surface area contributed by atoms with Crippen molar-refractivity contribution in [2.75, 3.05) is 7.11 Å². The van der Waals surface area contributed by atoms with E-state index in [1.807, 2.05) is 18.2 Å². The molecule has 0 aliphatic heterocycles. The van der Waals surface area contributed by atoms with E-state index < -0.39 is 0 Å². The van der Waals surface area contributed by atoms with E-state index in [1.165, 1.54) is 18.9 Å². The minimum atomic E-state index is -0.227. The minimum Gasteiger partial charge on any atom is -0.468 e. The molecule has 0 bridgehead atoms. The van der Waals surface area contributed by atoms with Gasteiger partial charge in [0, 0.05) is 9.92 Å². The van der Waals surface area contributed by atoms with Crippen LogP contribution in [-0.4, -0.2) is 18.3 Å². The number of ether oxygens (including phenoxy) is 1. The second-order valence-electron chi connectivity index (χ2n) is 2.74. The lowest BCUT2D eigenvalue weighted by Crippen LogP contribution is -2.14. The molecule has 0 saturated carbocycles. The van der Waals surface area contributed by atoms with Gasteiger partial charge >= 0.3 is 5.97 Å². The van der Waals surface area contributed by atoms with Gasteiger partial charge in [0.05, 0.1) is 7.11 Å². The second-order valence-corrected chi connectivity index (χ2v) is 4.59. The summed E-state index contributed by atoms with van der Waals surface area (Å²) in [5.74, 6) is -0.227. The van der Waals surface area contributed by atoms with Crippen LogP contribution in [0.3, 0.4) is 0 Å². The molecule has 2 nitrogen and oxygen atoms in total. The number of methoxy groups -OCH3 is 1. The quantitative estimate of drug-likeness (QED) is 0.590. The Morgan fingerprint density at radius 1 is 1.57 bits per heavy atom. The van der Waals surface area contributed by atoms with Crippen molar-refractivity contribution in [1.29, 1.82) is 0 Å². The maximum absolute atomic E-state index is 11.1. The third-order valence-electron chi connectivity index (χ3n) is 1.64. The van der Waals surface area contributed by atoms with Gasteiger partial charge in [0.15, 0.2) is 0 Å². The Kier molecular flexibility index (Phi) is 4.29. The topological polar surface area (TPSA) is 26.3 Å². The number of benzene rings is 1. The molecule has 1 rings (SSSR count). The van der Waals surface area contributed by atoms with Crippen LogP contribution in [0, 0.1) is 0 Å². The van der Waals surface area contributed by atoms with Crippen LogP contribution in [-0.2, 0) is 9.53 Å². The van der Waals surface area contributed by atoms with E-state index in [0.29, 0.717) is 5.02 Å². The number of halogens is 1. The summed E-state index contributed by atoms with van der Waals surface area (Å²) in [6.45, 7) is 1.80. The first-order chi connectivity index (χ1) is 6.63. The first-order valence-electron chi connectivity index (χ1n) is 4.13. The van der Waals surface area contributed by atoms with Gasteiger partial charge in [0.25, 0.3) is 0 Å². The molecule has 1 unspecified atom stereocenters. The standard InChI is InChI=1S/C10H11ClO2S/c1-7(10(12)13-2)14-9-5-3-4-8(11)6-9/h3-7H,1-2H3. The van der Waals surface area contributed by atoms with Crippen LogP contribution in [0.1, 0.15) is 6.92 Å². The van der Waals surface area contributed by atoms with Crippen molar-refractivity contribution in [2.45, 2.75) is 17.1 Å². The Morgan fingerprint density at radius 3 is 2.86 bits per heavy atom. The van der Waals surface area contributed by atoms with Crippen molar-refractivity contribution >= 4 is 29.3 Å². The smallest absolute Gasteiger partial charge is 0.318 e. The molecule has 0 N–H and O–H groups in total. The van der Waals surface area contributed by atoms with Crippen molar-refractivity contribution in [3.8, 4) is 0 Å². The summed E-state index contributed by atoms with van der Waals surface area (Å²) in [6, 6.07) is 7.39. The van der Waals surface area contributed by atoms with Crippen molar-refractivity contribution in [2.24, 2.45) is 0 Å². The van der Waals surface area contributed by atoms with Gasteiger partial charge in [-0.15, -0.1) is 11.8 Å². The van der Waals surface area contributed by atoms with E-state index in [0.717, 1.165) is 4.90 Å². The van der Waals surface area contributed by atoms with Gasteiger partial charge in [-0.05, 0) is 25.1 Å². The highest BCUT2D eigenvalue weighted by Gasteiger charge is 2.14. The largest absolute Gasteiger partial charge is 0.468 e. The average Bonchev–Trinajstić information content (AvgIpc) is 2.16. The van der Waals surface area contributed by atoms with Crippen molar-refractivity contribution in [3.63, 3.8) is 0 Å². The molecule has 4 heteroatoms. The molecule has 14 heavy (non-hydrogen) atoms. The monoisotopic (exact) mass is 230 g/mol. The lowest BCUT2D eigenvalue weighted by Gasteiger charge is -2.08. The maximum atomic E-state index is 11.1. The summed E-state index contributed by atoms with van der Waals surface area (Å²) < 4.78 is 4.62. The summed E-state index contributed by atoms with van der Waals surface area (Å²) >= 11 is 7.24. The van der Waals surface area contributed by atoms with Crippen LogP contribution in [0.25, 0.3) is 0 Å². The van der Waals surface area contributed by atoms with Crippen LogP contribution < -0.4 is 0 Å². The Balaban J connectivity index is 2.64. The predicted octanol–water partition coefficient (Wildman–Crippen LogP) is 2.99. The number of carbonyl (C=O) groups is 1. The highest BCUT2D eigenvalue weighted by molar-refractivity contribution is 8.00. The molecule has 0 amide bonds. The average molecular weight is 231 g/mol. The lowest BCUT2D eigenvalue weighted by atomic mass is 10.4. The molecule has 0 fully saturated rings. The fraction of sp³-hybridized carbons (Fsp3) is 0.300. The van der Waals surface area contributed by atoms with Crippen LogP contribution >= 0.6 is 23.4 Å². The van der Waals surface area contributed by atoms with Crippen LogP contribution in [0.15, 0.2) is 29.2 Å². The van der Waals surface area contributed by atoms with Crippen LogP contribution in [0.5, 0.6) is 0 Å². The third-order valence-corrected chi connectivity index (χ3v) is 2.95. The summed E-state index contributed by atoms with van der Waals surface area (Å²) in [4.78, 5) is 12.1. The Labute approximate surface area is 92.6 Å². The Hall–Kier alpha value is -0.670. The molecule has 0 aromatic heterocycles. The highest BCUT2D eigenvalue weighted by atomic mass is 35.5. The molecule has 76 valence electrons. The molecule has 0 spiro atoms. The molecular formula is C10H11ClO2S. The summed E-state index contributed by atoms with van der Waals surface area (Å²) in [7, 11) is 1.39. The number of hydrogen-bond donors (Lipinski definition) is 0. The molecule has 1 aromatic rings. The number of carbonyl (C=O) groups excluding carboxylic acids is 1. The first kappa shape index (κ1) is 11.4. The molecule has 0 saturated heterocycles. The van der Waals surface area contributed by atoms with Gasteiger partial charge in [0.1, 0.15) is 5.25 Å². The van der Waals surface area contributed by atoms with Gasteiger partial charge in [-0.1, -0.05) is 17.7 Å². The Morgan fingerprint density at radius 2 is 2.29 bits per heavy atom. The summed E-state index contributed by atoms with van der Waals surface area (Å²) in [6.07, 6.45) is 0. The van der Waals surface area contributed by atoms with E-state index in [9.17, 15) is 4.79 Å². The molecule has 0 radical (unpaired) electrons. The third kappa shape index (κ3) is 3.24. The SMILES string of the molecule is COC(=O)C(C)Sc1cccc(Cl)c1.